The van der Waals surface area contributed by atoms with Gasteiger partial charge in [-0.2, -0.15) is 0 Å². The highest BCUT2D eigenvalue weighted by atomic mass is 16.5. The van der Waals surface area contributed by atoms with Crippen LogP contribution in [0.5, 0.6) is 11.5 Å². The van der Waals surface area contributed by atoms with E-state index in [9.17, 15) is 0 Å². The summed E-state index contributed by atoms with van der Waals surface area (Å²) in [5.41, 5.74) is 6.46. The van der Waals surface area contributed by atoms with E-state index in [4.69, 9.17) is 19.9 Å². The second-order valence-corrected chi connectivity index (χ2v) is 3.94. The molecule has 1 aliphatic heterocycles. The van der Waals surface area contributed by atoms with Crippen LogP contribution in [0.3, 0.4) is 0 Å². The Morgan fingerprint density at radius 1 is 1.50 bits per heavy atom. The van der Waals surface area contributed by atoms with E-state index in [1.807, 2.05) is 12.1 Å². The summed E-state index contributed by atoms with van der Waals surface area (Å²) in [6.07, 6.45) is 1.06. The van der Waals surface area contributed by atoms with Gasteiger partial charge in [-0.25, -0.2) is 0 Å². The van der Waals surface area contributed by atoms with Gasteiger partial charge < -0.3 is 19.9 Å². The first kappa shape index (κ1) is 11.1. The number of nitrogens with two attached hydrogens (primary N) is 1. The number of methoxy groups -OCH3 is 1. The molecule has 0 amide bonds. The minimum atomic E-state index is 0.477. The van der Waals surface area contributed by atoms with Crippen LogP contribution >= 0.6 is 0 Å². The van der Waals surface area contributed by atoms with Gasteiger partial charge in [-0.15, -0.1) is 0 Å². The Labute approximate surface area is 95.3 Å². The van der Waals surface area contributed by atoms with Gasteiger partial charge in [-0.05, 0) is 18.6 Å². The molecule has 1 heterocycles. The average Bonchev–Trinajstić information content (AvgIpc) is 2.81. The number of hydrogen-bond acceptors (Lipinski definition) is 4. The van der Waals surface area contributed by atoms with E-state index in [2.05, 4.69) is 0 Å². The molecule has 1 saturated heterocycles. The van der Waals surface area contributed by atoms with E-state index in [-0.39, 0.29) is 0 Å². The van der Waals surface area contributed by atoms with Gasteiger partial charge in [-0.1, -0.05) is 0 Å². The molecule has 1 aliphatic rings. The quantitative estimate of drug-likeness (QED) is 0.789. The zero-order valence-corrected chi connectivity index (χ0v) is 9.44. The van der Waals surface area contributed by atoms with Gasteiger partial charge in [0, 0.05) is 18.6 Å². The van der Waals surface area contributed by atoms with E-state index in [0.717, 1.165) is 25.4 Å². The Bertz CT molecular complexity index is 348. The van der Waals surface area contributed by atoms with Crippen molar-refractivity contribution in [3.63, 3.8) is 0 Å². The number of rotatable bonds is 4. The number of nitrogen functional groups attached to an aromatic ring is 1. The van der Waals surface area contributed by atoms with E-state index in [1.165, 1.54) is 0 Å². The largest absolute Gasteiger partial charge is 0.497 e. The van der Waals surface area contributed by atoms with Crippen molar-refractivity contribution in [2.75, 3.05) is 32.7 Å². The summed E-state index contributed by atoms with van der Waals surface area (Å²) >= 11 is 0. The predicted octanol–water partition coefficient (Wildman–Crippen LogP) is 1.69. The Hall–Kier alpha value is -1.42. The summed E-state index contributed by atoms with van der Waals surface area (Å²) in [6.45, 7) is 2.27. The Balaban J connectivity index is 1.96. The van der Waals surface area contributed by atoms with Crippen LogP contribution in [0, 0.1) is 5.92 Å². The summed E-state index contributed by atoms with van der Waals surface area (Å²) in [5, 5.41) is 0. The highest BCUT2D eigenvalue weighted by molar-refractivity contribution is 5.55. The molecule has 1 atom stereocenters. The highest BCUT2D eigenvalue weighted by Crippen LogP contribution is 2.27. The molecule has 1 aromatic carbocycles. The topological polar surface area (TPSA) is 53.7 Å². The Kier molecular flexibility index (Phi) is 3.51. The normalized spacial score (nSPS) is 19.7. The second kappa shape index (κ2) is 5.07. The maximum atomic E-state index is 5.82. The fraction of sp³-hybridized carbons (Fsp3) is 0.500. The first-order valence-electron chi connectivity index (χ1n) is 5.43. The molecule has 1 aromatic rings. The maximum absolute atomic E-state index is 5.82. The molecule has 2 N–H and O–H groups in total. The first-order chi connectivity index (χ1) is 7.79. The summed E-state index contributed by atoms with van der Waals surface area (Å²) in [6, 6.07) is 5.42. The lowest BCUT2D eigenvalue weighted by atomic mass is 10.1. The van der Waals surface area contributed by atoms with Crippen molar-refractivity contribution in [1.82, 2.24) is 0 Å². The SMILES string of the molecule is COc1ccc(N)c(OCC2CCOC2)c1. The van der Waals surface area contributed by atoms with Gasteiger partial charge in [-0.3, -0.25) is 0 Å². The molecule has 0 bridgehead atoms. The van der Waals surface area contributed by atoms with Crippen molar-refractivity contribution in [3.8, 4) is 11.5 Å². The smallest absolute Gasteiger partial charge is 0.145 e. The maximum Gasteiger partial charge on any atom is 0.145 e. The summed E-state index contributed by atoms with van der Waals surface area (Å²) in [7, 11) is 1.63. The number of ether oxygens (including phenoxy) is 3. The molecular weight excluding hydrogens is 206 g/mol. The van der Waals surface area contributed by atoms with Gasteiger partial charge in [0.2, 0.25) is 0 Å². The van der Waals surface area contributed by atoms with Crippen molar-refractivity contribution in [2.45, 2.75) is 6.42 Å². The summed E-state index contributed by atoms with van der Waals surface area (Å²) < 4.78 is 16.1. The zero-order valence-electron chi connectivity index (χ0n) is 9.44. The molecule has 0 radical (unpaired) electrons. The zero-order chi connectivity index (χ0) is 11.4. The number of anilines is 1. The monoisotopic (exact) mass is 223 g/mol. The molecule has 0 saturated carbocycles. The van der Waals surface area contributed by atoms with E-state index < -0.39 is 0 Å². The van der Waals surface area contributed by atoms with Crippen LogP contribution in [0.2, 0.25) is 0 Å². The lowest BCUT2D eigenvalue weighted by molar-refractivity contribution is 0.167. The molecule has 1 fully saturated rings. The summed E-state index contributed by atoms with van der Waals surface area (Å²) in [4.78, 5) is 0. The van der Waals surface area contributed by atoms with Gasteiger partial charge >= 0.3 is 0 Å². The van der Waals surface area contributed by atoms with E-state index in [1.54, 1.807) is 13.2 Å². The lowest BCUT2D eigenvalue weighted by Gasteiger charge is -2.13. The first-order valence-corrected chi connectivity index (χ1v) is 5.43. The van der Waals surface area contributed by atoms with Gasteiger partial charge in [0.15, 0.2) is 0 Å². The predicted molar refractivity (Wildman–Crippen MR) is 61.8 cm³/mol. The Morgan fingerprint density at radius 3 is 3.06 bits per heavy atom. The fourth-order valence-corrected chi connectivity index (χ4v) is 1.69. The molecule has 16 heavy (non-hydrogen) atoms. The molecule has 88 valence electrons. The van der Waals surface area contributed by atoms with Crippen molar-refractivity contribution in [1.29, 1.82) is 0 Å². The number of benzene rings is 1. The molecule has 0 spiro atoms. The second-order valence-electron chi connectivity index (χ2n) is 3.94. The lowest BCUT2D eigenvalue weighted by Crippen LogP contribution is -2.12. The van der Waals surface area contributed by atoms with Crippen LogP contribution in [0.4, 0.5) is 5.69 Å². The number of hydrogen-bond donors (Lipinski definition) is 1. The van der Waals surface area contributed by atoms with Crippen LogP contribution in [-0.2, 0) is 4.74 Å². The van der Waals surface area contributed by atoms with Crippen LogP contribution in [0.25, 0.3) is 0 Å². The molecule has 1 unspecified atom stereocenters. The third-order valence-electron chi connectivity index (χ3n) is 2.72. The molecule has 0 aliphatic carbocycles. The standard InChI is InChI=1S/C12H17NO3/c1-14-10-2-3-11(13)12(6-10)16-8-9-4-5-15-7-9/h2-3,6,9H,4-5,7-8,13H2,1H3. The minimum absolute atomic E-state index is 0.477. The molecule has 0 aromatic heterocycles. The van der Waals surface area contributed by atoms with Gasteiger partial charge in [0.25, 0.3) is 0 Å². The van der Waals surface area contributed by atoms with Crippen molar-refractivity contribution < 1.29 is 14.2 Å². The Morgan fingerprint density at radius 2 is 2.38 bits per heavy atom. The third kappa shape index (κ3) is 2.58. The summed E-state index contributed by atoms with van der Waals surface area (Å²) in [5.74, 6) is 1.92. The third-order valence-corrected chi connectivity index (χ3v) is 2.72. The minimum Gasteiger partial charge on any atom is -0.497 e. The highest BCUT2D eigenvalue weighted by Gasteiger charge is 2.16. The van der Waals surface area contributed by atoms with Gasteiger partial charge in [0.05, 0.1) is 26.0 Å². The van der Waals surface area contributed by atoms with Crippen molar-refractivity contribution in [2.24, 2.45) is 5.92 Å². The van der Waals surface area contributed by atoms with Crippen LogP contribution < -0.4 is 15.2 Å². The molecule has 4 nitrogen and oxygen atoms in total. The molecule has 4 heteroatoms. The van der Waals surface area contributed by atoms with Crippen molar-refractivity contribution in [3.05, 3.63) is 18.2 Å². The fourth-order valence-electron chi connectivity index (χ4n) is 1.69. The molecular formula is C12H17NO3. The van der Waals surface area contributed by atoms with Crippen LogP contribution in [0.15, 0.2) is 18.2 Å². The van der Waals surface area contributed by atoms with Crippen LogP contribution in [0.1, 0.15) is 6.42 Å². The molecule has 2 rings (SSSR count). The van der Waals surface area contributed by atoms with E-state index >= 15 is 0 Å². The van der Waals surface area contributed by atoms with Gasteiger partial charge in [0.1, 0.15) is 11.5 Å². The van der Waals surface area contributed by atoms with E-state index in [0.29, 0.717) is 24.0 Å². The average molecular weight is 223 g/mol. The van der Waals surface area contributed by atoms with Crippen LogP contribution in [-0.4, -0.2) is 26.9 Å². The van der Waals surface area contributed by atoms with Crippen molar-refractivity contribution >= 4 is 5.69 Å².